The van der Waals surface area contributed by atoms with E-state index in [4.69, 9.17) is 0 Å². The van der Waals surface area contributed by atoms with E-state index >= 15 is 0 Å². The van der Waals surface area contributed by atoms with E-state index in [1.54, 1.807) is 0 Å². The van der Waals surface area contributed by atoms with Crippen LogP contribution in [0.15, 0.2) is 224 Å². The van der Waals surface area contributed by atoms with Crippen LogP contribution in [-0.2, 0) is 0 Å². The van der Waals surface area contributed by atoms with Gasteiger partial charge in [0.2, 0.25) is 0 Å². The standard InChI is InChI=1S/C56H37N3/c1-2-17-41(18-3-1)57(50-28-14-16-39-15-4-5-19-43(39)50)42-32-29-38(30-33-42)40-31-34-56-49(37-40)48-24-10-13-27-53(48)59(56)55-36-35-54(46-20-6-7-21-47(46)55)58-51-25-11-8-22-44(51)45-23-9-12-26-52(45)58/h1-37H. The van der Waals surface area contributed by atoms with Crippen LogP contribution in [0.25, 0.3) is 87.7 Å². The number of para-hydroxylation sites is 4. The van der Waals surface area contributed by atoms with Crippen LogP contribution in [0.3, 0.4) is 0 Å². The summed E-state index contributed by atoms with van der Waals surface area (Å²) < 4.78 is 4.89. The highest BCUT2D eigenvalue weighted by Crippen LogP contribution is 2.42. The zero-order valence-electron chi connectivity index (χ0n) is 32.2. The zero-order valence-corrected chi connectivity index (χ0v) is 32.2. The van der Waals surface area contributed by atoms with E-state index in [0.29, 0.717) is 0 Å². The summed E-state index contributed by atoms with van der Waals surface area (Å²) in [6.45, 7) is 0. The molecule has 2 aromatic heterocycles. The molecule has 276 valence electrons. The minimum Gasteiger partial charge on any atom is -0.310 e. The van der Waals surface area contributed by atoms with Gasteiger partial charge in [-0.05, 0) is 89.3 Å². The fourth-order valence-electron chi connectivity index (χ4n) is 9.46. The fourth-order valence-corrected chi connectivity index (χ4v) is 9.46. The van der Waals surface area contributed by atoms with Gasteiger partial charge in [-0.3, -0.25) is 0 Å². The second-order valence-electron chi connectivity index (χ2n) is 15.3. The van der Waals surface area contributed by atoms with Gasteiger partial charge < -0.3 is 14.0 Å². The molecule has 0 radical (unpaired) electrons. The summed E-state index contributed by atoms with van der Waals surface area (Å²) in [6, 6.07) is 81.6. The molecule has 0 aliphatic rings. The molecule has 12 aromatic rings. The Labute approximate surface area is 341 Å². The van der Waals surface area contributed by atoms with E-state index in [9.17, 15) is 0 Å². The molecular formula is C56H37N3. The van der Waals surface area contributed by atoms with Gasteiger partial charge in [0.1, 0.15) is 0 Å². The predicted octanol–water partition coefficient (Wildman–Crippen LogP) is 15.3. The topological polar surface area (TPSA) is 13.1 Å². The molecule has 2 heterocycles. The molecule has 0 saturated heterocycles. The van der Waals surface area contributed by atoms with Crippen molar-refractivity contribution in [2.45, 2.75) is 0 Å². The van der Waals surface area contributed by atoms with Crippen LogP contribution >= 0.6 is 0 Å². The predicted molar refractivity (Wildman–Crippen MR) is 250 cm³/mol. The summed E-state index contributed by atoms with van der Waals surface area (Å²) >= 11 is 0. The Morgan fingerprint density at radius 3 is 1.32 bits per heavy atom. The highest BCUT2D eigenvalue weighted by atomic mass is 15.1. The number of anilines is 3. The van der Waals surface area contributed by atoms with Crippen LogP contribution in [0.5, 0.6) is 0 Å². The van der Waals surface area contributed by atoms with Gasteiger partial charge in [0.25, 0.3) is 0 Å². The van der Waals surface area contributed by atoms with Crippen LogP contribution in [0.4, 0.5) is 17.1 Å². The summed E-state index contributed by atoms with van der Waals surface area (Å²) in [4.78, 5) is 2.36. The number of fused-ring (bicyclic) bond motifs is 8. The minimum atomic E-state index is 1.12. The molecule has 0 aliphatic carbocycles. The Balaban J connectivity index is 0.990. The molecule has 59 heavy (non-hydrogen) atoms. The molecule has 3 heteroatoms. The van der Waals surface area contributed by atoms with Crippen molar-refractivity contribution in [3.05, 3.63) is 224 Å². The number of nitrogens with zero attached hydrogens (tertiary/aromatic N) is 3. The van der Waals surface area contributed by atoms with E-state index in [1.165, 1.54) is 87.7 Å². The number of rotatable bonds is 6. The van der Waals surface area contributed by atoms with Gasteiger partial charge in [0.15, 0.2) is 0 Å². The first-order valence-corrected chi connectivity index (χ1v) is 20.3. The van der Waals surface area contributed by atoms with E-state index in [0.717, 1.165) is 17.1 Å². The summed E-state index contributed by atoms with van der Waals surface area (Å²) in [5, 5.41) is 9.88. The Bertz CT molecular complexity index is 3500. The van der Waals surface area contributed by atoms with Gasteiger partial charge in [-0.1, -0.05) is 152 Å². The van der Waals surface area contributed by atoms with Crippen LogP contribution < -0.4 is 4.90 Å². The average Bonchev–Trinajstić information content (AvgIpc) is 3.82. The summed E-state index contributed by atoms with van der Waals surface area (Å²) in [7, 11) is 0. The fraction of sp³-hybridized carbons (Fsp3) is 0. The molecule has 12 rings (SSSR count). The van der Waals surface area contributed by atoms with Crippen molar-refractivity contribution in [3.8, 4) is 22.5 Å². The van der Waals surface area contributed by atoms with Crippen molar-refractivity contribution >= 4 is 82.2 Å². The lowest BCUT2D eigenvalue weighted by Gasteiger charge is -2.27. The molecule has 0 saturated carbocycles. The summed E-state index contributed by atoms with van der Waals surface area (Å²) in [6.07, 6.45) is 0. The molecule has 0 amide bonds. The number of aromatic nitrogens is 2. The summed E-state index contributed by atoms with van der Waals surface area (Å²) in [5.41, 5.74) is 12.9. The Hall–Kier alpha value is -7.88. The Morgan fingerprint density at radius 2 is 0.712 bits per heavy atom. The molecule has 0 fully saturated rings. The maximum Gasteiger partial charge on any atom is 0.0542 e. The monoisotopic (exact) mass is 751 g/mol. The third-order valence-corrected chi connectivity index (χ3v) is 12.1. The first-order valence-electron chi connectivity index (χ1n) is 20.3. The third-order valence-electron chi connectivity index (χ3n) is 12.1. The highest BCUT2D eigenvalue weighted by molar-refractivity contribution is 6.14. The van der Waals surface area contributed by atoms with Gasteiger partial charge in [0, 0.05) is 49.1 Å². The van der Waals surface area contributed by atoms with Crippen LogP contribution in [-0.4, -0.2) is 9.13 Å². The van der Waals surface area contributed by atoms with Crippen molar-refractivity contribution in [1.82, 2.24) is 9.13 Å². The highest BCUT2D eigenvalue weighted by Gasteiger charge is 2.20. The first-order chi connectivity index (χ1) is 29.3. The van der Waals surface area contributed by atoms with Crippen molar-refractivity contribution in [2.75, 3.05) is 4.90 Å². The second-order valence-corrected chi connectivity index (χ2v) is 15.3. The lowest BCUT2D eigenvalue weighted by molar-refractivity contribution is 1.17. The molecule has 0 aliphatic heterocycles. The summed E-state index contributed by atoms with van der Waals surface area (Å²) in [5.74, 6) is 0. The van der Waals surface area contributed by atoms with Crippen LogP contribution in [0.2, 0.25) is 0 Å². The van der Waals surface area contributed by atoms with E-state index in [1.807, 2.05) is 0 Å². The number of hydrogen-bond acceptors (Lipinski definition) is 1. The van der Waals surface area contributed by atoms with E-state index < -0.39 is 0 Å². The first kappa shape index (κ1) is 33.3. The van der Waals surface area contributed by atoms with E-state index in [2.05, 4.69) is 238 Å². The number of hydrogen-bond donors (Lipinski definition) is 0. The molecule has 3 nitrogen and oxygen atoms in total. The smallest absolute Gasteiger partial charge is 0.0542 e. The van der Waals surface area contributed by atoms with Gasteiger partial charge >= 0.3 is 0 Å². The molecule has 0 N–H and O–H groups in total. The van der Waals surface area contributed by atoms with Crippen LogP contribution in [0, 0.1) is 0 Å². The lowest BCUT2D eigenvalue weighted by Crippen LogP contribution is -2.10. The van der Waals surface area contributed by atoms with Gasteiger partial charge in [0.05, 0.1) is 39.1 Å². The molecule has 0 atom stereocenters. The van der Waals surface area contributed by atoms with Gasteiger partial charge in [-0.25, -0.2) is 0 Å². The number of benzene rings is 10. The maximum atomic E-state index is 2.46. The Morgan fingerprint density at radius 1 is 0.271 bits per heavy atom. The van der Waals surface area contributed by atoms with E-state index in [-0.39, 0.29) is 0 Å². The maximum absolute atomic E-state index is 2.46. The molecule has 0 spiro atoms. The molecule has 10 aromatic carbocycles. The quantitative estimate of drug-likeness (QED) is 0.165. The Kier molecular flexibility index (Phi) is 7.54. The van der Waals surface area contributed by atoms with Gasteiger partial charge in [-0.15, -0.1) is 0 Å². The normalized spacial score (nSPS) is 11.7. The minimum absolute atomic E-state index is 1.12. The van der Waals surface area contributed by atoms with Gasteiger partial charge in [-0.2, -0.15) is 0 Å². The molecular weight excluding hydrogens is 715 g/mol. The van der Waals surface area contributed by atoms with Crippen molar-refractivity contribution < 1.29 is 0 Å². The van der Waals surface area contributed by atoms with Crippen molar-refractivity contribution in [3.63, 3.8) is 0 Å². The van der Waals surface area contributed by atoms with Crippen molar-refractivity contribution in [2.24, 2.45) is 0 Å². The second kappa shape index (κ2) is 13.4. The van der Waals surface area contributed by atoms with Crippen molar-refractivity contribution in [1.29, 1.82) is 0 Å². The lowest BCUT2D eigenvalue weighted by atomic mass is 10.0. The molecule has 0 unspecified atom stereocenters. The average molecular weight is 752 g/mol. The SMILES string of the molecule is c1ccc(N(c2ccc(-c3ccc4c(c3)c3ccccc3n4-c3ccc(-n4c5ccccc5c5ccccc54)c4ccccc34)cc2)c2cccc3ccccc23)cc1. The van der Waals surface area contributed by atoms with Crippen LogP contribution in [0.1, 0.15) is 0 Å². The largest absolute Gasteiger partial charge is 0.310 e. The zero-order chi connectivity index (χ0) is 38.9. The third kappa shape index (κ3) is 5.22. The molecule has 0 bridgehead atoms.